The number of nitrogens with zero attached hydrogens (tertiary/aromatic N) is 2. The minimum atomic E-state index is -0.141. The molecule has 0 fully saturated rings. The van der Waals surface area contributed by atoms with Gasteiger partial charge in [0.05, 0.1) is 6.04 Å². The maximum atomic E-state index is 2.75. The smallest absolute Gasteiger partial charge is 0.236 e. The van der Waals surface area contributed by atoms with Gasteiger partial charge in [-0.15, -0.1) is 4.58 Å². The zero-order valence-corrected chi connectivity index (χ0v) is 33.9. The molecule has 2 aliphatic carbocycles. The second-order valence-corrected chi connectivity index (χ2v) is 17.8. The van der Waals surface area contributed by atoms with E-state index in [1.807, 2.05) is 0 Å². The third kappa shape index (κ3) is 4.29. The van der Waals surface area contributed by atoms with Crippen molar-refractivity contribution in [2.24, 2.45) is 0 Å². The van der Waals surface area contributed by atoms with Crippen LogP contribution < -0.4 is 20.1 Å². The maximum absolute atomic E-state index is 2.75. The molecule has 0 N–H and O–H groups in total. The molecule has 0 saturated heterocycles. The standard InChI is InChI=1S/C59H39N2/c1-59(2)50-27-13-12-22-40(50)41-29-28-39(32-51(41)59)60-52-33-46(36-18-8-4-9-19-36)42-23-14-25-44-48-30-38(35-16-6-3-7-17-35)31-49-45-26-15-24-43-47(37-20-10-5-11-21-37)34-53(60)58(55(43)45)61(56(48)49)57(52)54(42)44/h3-34,56H,1-2H3/q+1. The Bertz CT molecular complexity index is 3650. The number of anilines is 2. The Morgan fingerprint density at radius 3 is 1.85 bits per heavy atom. The molecule has 61 heavy (non-hydrogen) atoms. The van der Waals surface area contributed by atoms with Gasteiger partial charge in [0.2, 0.25) is 16.7 Å². The molecule has 0 aromatic heterocycles. The third-order valence-electron chi connectivity index (χ3n) is 14.4. The zero-order chi connectivity index (χ0) is 40.1. The summed E-state index contributed by atoms with van der Waals surface area (Å²) in [4.78, 5) is 2.75. The van der Waals surface area contributed by atoms with Gasteiger partial charge in [-0.3, -0.25) is 0 Å². The van der Waals surface area contributed by atoms with Gasteiger partial charge in [-0.25, -0.2) is 0 Å². The summed E-state index contributed by atoms with van der Waals surface area (Å²) in [6, 6.07) is 68.3. The molecule has 0 bridgehead atoms. The molecule has 284 valence electrons. The molecule has 0 amide bonds. The van der Waals surface area contributed by atoms with E-state index in [0.717, 1.165) is 0 Å². The first kappa shape index (κ1) is 33.3. The third-order valence-corrected chi connectivity index (χ3v) is 14.4. The Morgan fingerprint density at radius 2 is 1.10 bits per heavy atom. The summed E-state index contributed by atoms with van der Waals surface area (Å²) in [5.41, 5.74) is 21.7. The Labute approximate surface area is 354 Å². The molecule has 2 nitrogen and oxygen atoms in total. The van der Waals surface area contributed by atoms with E-state index in [2.05, 4.69) is 217 Å². The average molecular weight is 776 g/mol. The first-order valence-electron chi connectivity index (χ1n) is 21.5. The minimum absolute atomic E-state index is 0.0157. The van der Waals surface area contributed by atoms with Gasteiger partial charge < -0.3 is 4.90 Å². The zero-order valence-electron chi connectivity index (χ0n) is 33.9. The molecule has 0 saturated carbocycles. The van der Waals surface area contributed by atoms with Crippen LogP contribution in [0.1, 0.15) is 36.1 Å². The molecule has 5 aliphatic rings. The summed E-state index contributed by atoms with van der Waals surface area (Å²) in [5.74, 6) is 0. The van der Waals surface area contributed by atoms with Gasteiger partial charge >= 0.3 is 0 Å². The minimum Gasteiger partial charge on any atom is -0.318 e. The van der Waals surface area contributed by atoms with Crippen molar-refractivity contribution in [3.63, 3.8) is 0 Å². The predicted octanol–water partition coefficient (Wildman–Crippen LogP) is 13.3. The van der Waals surface area contributed by atoms with Crippen LogP contribution in [0.15, 0.2) is 194 Å². The average Bonchev–Trinajstić information content (AvgIpc) is 3.55. The Kier molecular flexibility index (Phi) is 6.44. The molecule has 3 heterocycles. The Hall–Kier alpha value is -7.55. The van der Waals surface area contributed by atoms with E-state index >= 15 is 0 Å². The summed E-state index contributed by atoms with van der Waals surface area (Å²) < 4.78 is 2.62. The number of hydrogen-bond donors (Lipinski definition) is 0. The lowest BCUT2D eigenvalue weighted by Crippen LogP contribution is -2.48. The predicted molar refractivity (Wildman–Crippen MR) is 254 cm³/mol. The SMILES string of the molecule is CC1(C)c2ccccc2-c2ccc([N+]3=c4cc(-c5ccccc5)c5cccc6c5c4N4c5c3cc(-c3ccccc3)c3cccc(c53)C3=CC(c5ccccc5)=CC=6C34)cc21. The van der Waals surface area contributed by atoms with Crippen LogP contribution in [0, 0.1) is 0 Å². The van der Waals surface area contributed by atoms with Crippen molar-refractivity contribution in [3.8, 4) is 33.4 Å². The summed E-state index contributed by atoms with van der Waals surface area (Å²) in [6.45, 7) is 4.79. The van der Waals surface area contributed by atoms with E-state index in [1.54, 1.807) is 0 Å². The van der Waals surface area contributed by atoms with Crippen molar-refractivity contribution in [1.82, 2.24) is 4.58 Å². The molecule has 14 rings (SSSR count). The van der Waals surface area contributed by atoms with Crippen molar-refractivity contribution in [2.75, 3.05) is 4.90 Å². The van der Waals surface area contributed by atoms with Crippen molar-refractivity contribution >= 4 is 61.0 Å². The molecule has 9 aromatic rings. The Morgan fingerprint density at radius 1 is 0.475 bits per heavy atom. The van der Waals surface area contributed by atoms with E-state index in [9.17, 15) is 0 Å². The van der Waals surface area contributed by atoms with Gasteiger partial charge in [0.25, 0.3) is 0 Å². The highest BCUT2D eigenvalue weighted by Gasteiger charge is 2.48. The molecule has 3 aliphatic heterocycles. The number of rotatable bonds is 4. The number of allylic oxidation sites excluding steroid dienone is 2. The lowest BCUT2D eigenvalue weighted by Gasteiger charge is -2.46. The van der Waals surface area contributed by atoms with E-state index in [4.69, 9.17) is 0 Å². The highest BCUT2D eigenvalue weighted by atomic mass is 15.2. The normalized spacial score (nSPS) is 16.8. The van der Waals surface area contributed by atoms with Gasteiger partial charge in [0.1, 0.15) is 11.4 Å². The lowest BCUT2D eigenvalue weighted by atomic mass is 9.74. The molecule has 1 atom stereocenters. The molecule has 0 radical (unpaired) electrons. The van der Waals surface area contributed by atoms with Crippen LogP contribution in [-0.4, -0.2) is 6.04 Å². The van der Waals surface area contributed by atoms with Crippen LogP contribution in [0.2, 0.25) is 0 Å². The van der Waals surface area contributed by atoms with Gasteiger partial charge in [-0.05, 0) is 107 Å². The largest absolute Gasteiger partial charge is 0.318 e. The fourth-order valence-corrected chi connectivity index (χ4v) is 11.7. The van der Waals surface area contributed by atoms with Crippen LogP contribution in [0.5, 0.6) is 0 Å². The number of hydrogen-bond acceptors (Lipinski definition) is 1. The quantitative estimate of drug-likeness (QED) is 0.161. The van der Waals surface area contributed by atoms with Crippen molar-refractivity contribution < 1.29 is 0 Å². The fraction of sp³-hybridized carbons (Fsp3) is 0.0678. The monoisotopic (exact) mass is 775 g/mol. The number of benzene rings is 9. The summed E-state index contributed by atoms with van der Waals surface area (Å²) in [6.07, 6.45) is 4.98. The molecule has 1 unspecified atom stereocenters. The van der Waals surface area contributed by atoms with Crippen LogP contribution in [0.25, 0.3) is 71.6 Å². The van der Waals surface area contributed by atoms with Crippen LogP contribution in [0.4, 0.5) is 22.7 Å². The highest BCUT2D eigenvalue weighted by molar-refractivity contribution is 6.24. The van der Waals surface area contributed by atoms with E-state index in [-0.39, 0.29) is 11.5 Å². The molecule has 9 aromatic carbocycles. The van der Waals surface area contributed by atoms with Gasteiger partial charge in [0.15, 0.2) is 0 Å². The first-order chi connectivity index (χ1) is 30.0. The van der Waals surface area contributed by atoms with Crippen molar-refractivity contribution in [2.45, 2.75) is 25.3 Å². The van der Waals surface area contributed by atoms with Gasteiger partial charge in [0, 0.05) is 40.5 Å². The maximum Gasteiger partial charge on any atom is 0.236 e. The van der Waals surface area contributed by atoms with E-state index in [0.29, 0.717) is 0 Å². The van der Waals surface area contributed by atoms with Crippen molar-refractivity contribution in [1.29, 1.82) is 0 Å². The second kappa shape index (κ2) is 11.8. The molecular formula is C59H39N2+. The highest BCUT2D eigenvalue weighted by Crippen LogP contribution is 2.59. The summed E-state index contributed by atoms with van der Waals surface area (Å²) in [7, 11) is 0. The number of fused-ring (bicyclic) bond motifs is 4. The second-order valence-electron chi connectivity index (χ2n) is 17.8. The first-order valence-corrected chi connectivity index (χ1v) is 21.5. The lowest BCUT2D eigenvalue weighted by molar-refractivity contribution is 0.659. The van der Waals surface area contributed by atoms with Crippen LogP contribution >= 0.6 is 0 Å². The van der Waals surface area contributed by atoms with Gasteiger partial charge in [-0.1, -0.05) is 166 Å². The summed E-state index contributed by atoms with van der Waals surface area (Å²) in [5, 5.41) is 7.73. The fourth-order valence-electron chi connectivity index (χ4n) is 11.7. The van der Waals surface area contributed by atoms with Crippen molar-refractivity contribution in [3.05, 3.63) is 227 Å². The van der Waals surface area contributed by atoms with Crippen LogP contribution in [0.3, 0.4) is 0 Å². The Balaban J connectivity index is 1.22. The molecule has 2 heteroatoms. The van der Waals surface area contributed by atoms with Gasteiger partial charge in [-0.2, -0.15) is 0 Å². The van der Waals surface area contributed by atoms with Crippen LogP contribution in [-0.2, 0) is 5.41 Å². The van der Waals surface area contributed by atoms with E-state index < -0.39 is 0 Å². The summed E-state index contributed by atoms with van der Waals surface area (Å²) >= 11 is 0. The topological polar surface area (TPSA) is 6.25 Å². The van der Waals surface area contributed by atoms with E-state index in [1.165, 1.54) is 127 Å². The molecule has 0 spiro atoms. The molecular weight excluding hydrogens is 737 g/mol.